The Morgan fingerprint density at radius 2 is 2.33 bits per heavy atom. The molecule has 0 saturated carbocycles. The van der Waals surface area contributed by atoms with Crippen LogP contribution in [0.25, 0.3) is 0 Å². The van der Waals surface area contributed by atoms with E-state index in [-0.39, 0.29) is 6.04 Å². The summed E-state index contributed by atoms with van der Waals surface area (Å²) < 4.78 is 0.835. The highest BCUT2D eigenvalue weighted by atomic mass is 79.9. The summed E-state index contributed by atoms with van der Waals surface area (Å²) >= 11 is 3.31. The molecule has 1 aromatic rings. The van der Waals surface area contributed by atoms with Crippen molar-refractivity contribution in [2.45, 2.75) is 19.1 Å². The van der Waals surface area contributed by atoms with Gasteiger partial charge in [0.2, 0.25) is 0 Å². The minimum atomic E-state index is -0.659. The molecule has 0 fully saturated rings. The summed E-state index contributed by atoms with van der Waals surface area (Å²) in [6, 6.07) is 1.49. The van der Waals surface area contributed by atoms with Crippen LogP contribution in [0.15, 0.2) is 22.9 Å². The normalized spacial score (nSPS) is 15.7. The Morgan fingerprint density at radius 1 is 1.67 bits per heavy atom. The fourth-order valence-corrected chi connectivity index (χ4v) is 1.35. The van der Waals surface area contributed by atoms with Crippen LogP contribution in [0.1, 0.15) is 18.6 Å². The van der Waals surface area contributed by atoms with E-state index in [0.717, 1.165) is 10.0 Å². The molecule has 3 N–H and O–H groups in total. The number of hydrogen-bond acceptors (Lipinski definition) is 3. The van der Waals surface area contributed by atoms with Crippen molar-refractivity contribution in [2.75, 3.05) is 0 Å². The van der Waals surface area contributed by atoms with Gasteiger partial charge in [0.15, 0.2) is 0 Å². The zero-order chi connectivity index (χ0) is 9.14. The van der Waals surface area contributed by atoms with E-state index in [1.165, 1.54) is 0 Å². The molecule has 1 aromatic heterocycles. The van der Waals surface area contributed by atoms with E-state index in [4.69, 9.17) is 5.73 Å². The molecule has 1 rings (SSSR count). The Hall–Kier alpha value is -0.450. The number of nitrogens with two attached hydrogens (primary N) is 1. The lowest BCUT2D eigenvalue weighted by Gasteiger charge is -2.15. The predicted molar refractivity (Wildman–Crippen MR) is 50.5 cm³/mol. The summed E-state index contributed by atoms with van der Waals surface area (Å²) in [6.07, 6.45) is 2.60. The third kappa shape index (κ3) is 2.03. The first kappa shape index (κ1) is 9.64. The standard InChI is InChI=1S/C8H11BrN2O/c1-5(10)8(12)6-4-11-3-2-7(6)9/h2-5,8,12H,10H2,1H3. The molecule has 2 atom stereocenters. The molecule has 0 spiro atoms. The van der Waals surface area contributed by atoms with Gasteiger partial charge in [0.25, 0.3) is 0 Å². The lowest BCUT2D eigenvalue weighted by atomic mass is 10.1. The van der Waals surface area contributed by atoms with Crippen LogP contribution < -0.4 is 5.73 Å². The maximum Gasteiger partial charge on any atom is 0.0963 e. The predicted octanol–water partition coefficient (Wildman–Crippen LogP) is 1.22. The smallest absolute Gasteiger partial charge is 0.0963 e. The van der Waals surface area contributed by atoms with Gasteiger partial charge < -0.3 is 10.8 Å². The first-order chi connectivity index (χ1) is 5.63. The Labute approximate surface area is 79.7 Å². The second-order valence-corrected chi connectivity index (χ2v) is 3.56. The van der Waals surface area contributed by atoms with E-state index in [0.29, 0.717) is 0 Å². The minimum absolute atomic E-state index is 0.287. The van der Waals surface area contributed by atoms with Crippen molar-refractivity contribution in [3.63, 3.8) is 0 Å². The summed E-state index contributed by atoms with van der Waals surface area (Å²) in [4.78, 5) is 3.90. The average Bonchev–Trinajstić information content (AvgIpc) is 2.04. The Bertz CT molecular complexity index is 265. The van der Waals surface area contributed by atoms with Gasteiger partial charge in [-0.2, -0.15) is 0 Å². The molecule has 0 aliphatic rings. The fraction of sp³-hybridized carbons (Fsp3) is 0.375. The molecule has 0 aromatic carbocycles. The quantitative estimate of drug-likeness (QED) is 0.804. The molecule has 0 aliphatic heterocycles. The van der Waals surface area contributed by atoms with E-state index in [1.54, 1.807) is 25.4 Å². The van der Waals surface area contributed by atoms with Crippen molar-refractivity contribution >= 4 is 15.9 Å². The maximum atomic E-state index is 9.58. The number of rotatable bonds is 2. The van der Waals surface area contributed by atoms with Crippen LogP contribution in [0.3, 0.4) is 0 Å². The fourth-order valence-electron chi connectivity index (χ4n) is 0.891. The number of hydrogen-bond donors (Lipinski definition) is 2. The zero-order valence-corrected chi connectivity index (χ0v) is 8.32. The van der Waals surface area contributed by atoms with Gasteiger partial charge >= 0.3 is 0 Å². The highest BCUT2D eigenvalue weighted by molar-refractivity contribution is 9.10. The molecular formula is C8H11BrN2O. The van der Waals surface area contributed by atoms with Crippen molar-refractivity contribution in [3.8, 4) is 0 Å². The van der Waals surface area contributed by atoms with Crippen LogP contribution >= 0.6 is 15.9 Å². The SMILES string of the molecule is CC(N)C(O)c1cnccc1Br. The highest BCUT2D eigenvalue weighted by Gasteiger charge is 2.14. The van der Waals surface area contributed by atoms with Gasteiger partial charge in [-0.15, -0.1) is 0 Å². The van der Waals surface area contributed by atoms with Gasteiger partial charge in [-0.25, -0.2) is 0 Å². The van der Waals surface area contributed by atoms with E-state index in [9.17, 15) is 5.11 Å². The molecule has 3 nitrogen and oxygen atoms in total. The van der Waals surface area contributed by atoms with Crippen molar-refractivity contribution in [3.05, 3.63) is 28.5 Å². The Morgan fingerprint density at radius 3 is 2.83 bits per heavy atom. The third-order valence-corrected chi connectivity index (χ3v) is 2.34. The number of halogens is 1. The topological polar surface area (TPSA) is 59.1 Å². The Kier molecular flexibility index (Phi) is 3.20. The molecule has 1 heterocycles. The van der Waals surface area contributed by atoms with Crippen molar-refractivity contribution < 1.29 is 5.11 Å². The zero-order valence-electron chi connectivity index (χ0n) is 6.74. The van der Waals surface area contributed by atoms with Crippen LogP contribution in [-0.2, 0) is 0 Å². The number of aromatic nitrogens is 1. The molecule has 0 aliphatic carbocycles. The molecule has 66 valence electrons. The van der Waals surface area contributed by atoms with E-state index < -0.39 is 6.10 Å². The molecular weight excluding hydrogens is 220 g/mol. The first-order valence-electron chi connectivity index (χ1n) is 3.66. The van der Waals surface area contributed by atoms with Gasteiger partial charge in [0, 0.05) is 28.5 Å². The monoisotopic (exact) mass is 230 g/mol. The van der Waals surface area contributed by atoms with Crippen molar-refractivity contribution in [2.24, 2.45) is 5.73 Å². The maximum absolute atomic E-state index is 9.58. The molecule has 0 saturated heterocycles. The molecule has 0 amide bonds. The first-order valence-corrected chi connectivity index (χ1v) is 4.45. The van der Waals surface area contributed by atoms with Gasteiger partial charge in [0.05, 0.1) is 6.10 Å². The van der Waals surface area contributed by atoms with E-state index in [2.05, 4.69) is 20.9 Å². The van der Waals surface area contributed by atoms with Crippen LogP contribution in [0, 0.1) is 0 Å². The number of nitrogens with zero attached hydrogens (tertiary/aromatic N) is 1. The summed E-state index contributed by atoms with van der Waals surface area (Å²) in [6.45, 7) is 1.75. The van der Waals surface area contributed by atoms with Gasteiger partial charge in [0.1, 0.15) is 0 Å². The number of pyridine rings is 1. The number of aliphatic hydroxyl groups is 1. The summed E-state index contributed by atoms with van der Waals surface area (Å²) in [5, 5.41) is 9.58. The van der Waals surface area contributed by atoms with E-state index in [1.807, 2.05) is 0 Å². The molecule has 12 heavy (non-hydrogen) atoms. The molecule has 0 bridgehead atoms. The third-order valence-electron chi connectivity index (χ3n) is 1.61. The Balaban J connectivity index is 2.94. The molecule has 2 unspecified atom stereocenters. The van der Waals surface area contributed by atoms with Crippen LogP contribution in [-0.4, -0.2) is 16.1 Å². The lowest BCUT2D eigenvalue weighted by molar-refractivity contribution is 0.152. The largest absolute Gasteiger partial charge is 0.387 e. The van der Waals surface area contributed by atoms with Crippen molar-refractivity contribution in [1.29, 1.82) is 0 Å². The van der Waals surface area contributed by atoms with E-state index >= 15 is 0 Å². The summed E-state index contributed by atoms with van der Waals surface area (Å²) in [5.41, 5.74) is 6.27. The van der Waals surface area contributed by atoms with Crippen LogP contribution in [0.5, 0.6) is 0 Å². The lowest BCUT2D eigenvalue weighted by Crippen LogP contribution is -2.24. The highest BCUT2D eigenvalue weighted by Crippen LogP contribution is 2.23. The number of aliphatic hydroxyl groups excluding tert-OH is 1. The van der Waals surface area contributed by atoms with Crippen LogP contribution in [0.2, 0.25) is 0 Å². The van der Waals surface area contributed by atoms with Gasteiger partial charge in [-0.3, -0.25) is 4.98 Å². The second kappa shape index (κ2) is 3.98. The average molecular weight is 231 g/mol. The second-order valence-electron chi connectivity index (χ2n) is 2.70. The molecule has 4 heteroatoms. The van der Waals surface area contributed by atoms with Gasteiger partial charge in [-0.05, 0) is 13.0 Å². The minimum Gasteiger partial charge on any atom is -0.387 e. The molecule has 0 radical (unpaired) electrons. The summed E-state index contributed by atoms with van der Waals surface area (Å²) in [7, 11) is 0. The van der Waals surface area contributed by atoms with Crippen LogP contribution in [0.4, 0.5) is 0 Å². The van der Waals surface area contributed by atoms with Gasteiger partial charge in [-0.1, -0.05) is 15.9 Å². The van der Waals surface area contributed by atoms with Crippen molar-refractivity contribution in [1.82, 2.24) is 4.98 Å². The summed E-state index contributed by atoms with van der Waals surface area (Å²) in [5.74, 6) is 0.